The van der Waals surface area contributed by atoms with Crippen LogP contribution < -0.4 is 0 Å². The first-order valence-corrected chi connectivity index (χ1v) is 9.88. The van der Waals surface area contributed by atoms with E-state index in [1.807, 2.05) is 12.1 Å². The Hall–Kier alpha value is -2.34. The number of benzene rings is 2. The van der Waals surface area contributed by atoms with Crippen molar-refractivity contribution in [3.8, 4) is 0 Å². The first-order valence-electron chi connectivity index (χ1n) is 9.51. The van der Waals surface area contributed by atoms with Gasteiger partial charge in [-0.25, -0.2) is 8.78 Å². The van der Waals surface area contributed by atoms with Crippen molar-refractivity contribution < 1.29 is 13.5 Å². The zero-order valence-corrected chi connectivity index (χ0v) is 16.5. The van der Waals surface area contributed by atoms with Crippen molar-refractivity contribution in [2.45, 2.75) is 25.0 Å². The van der Waals surface area contributed by atoms with Gasteiger partial charge in [-0.3, -0.25) is 9.88 Å². The molecule has 1 aliphatic rings. The van der Waals surface area contributed by atoms with E-state index >= 15 is 0 Å². The van der Waals surface area contributed by atoms with Crippen LogP contribution in [0.3, 0.4) is 0 Å². The third-order valence-electron chi connectivity index (χ3n) is 5.38. The van der Waals surface area contributed by atoms with Crippen molar-refractivity contribution in [1.29, 1.82) is 0 Å². The highest BCUT2D eigenvalue weighted by molar-refractivity contribution is 6.31. The summed E-state index contributed by atoms with van der Waals surface area (Å²) in [6, 6.07) is 15.1. The van der Waals surface area contributed by atoms with Gasteiger partial charge >= 0.3 is 0 Å². The molecule has 2 heterocycles. The van der Waals surface area contributed by atoms with Gasteiger partial charge in [-0.15, -0.1) is 0 Å². The van der Waals surface area contributed by atoms with E-state index in [2.05, 4.69) is 9.88 Å². The van der Waals surface area contributed by atoms with Crippen LogP contribution in [0.2, 0.25) is 5.02 Å². The first-order chi connectivity index (χ1) is 14.1. The Labute approximate surface area is 173 Å². The van der Waals surface area contributed by atoms with Crippen molar-refractivity contribution in [2.24, 2.45) is 0 Å². The Bertz CT molecular complexity index is 933. The minimum Gasteiger partial charge on any atom is -0.379 e. The van der Waals surface area contributed by atoms with Gasteiger partial charge < -0.3 is 4.74 Å². The number of halogens is 3. The average molecular weight is 415 g/mol. The van der Waals surface area contributed by atoms with Crippen LogP contribution in [-0.4, -0.2) is 29.1 Å². The molecule has 0 radical (unpaired) electrons. The number of rotatable bonds is 6. The smallest absolute Gasteiger partial charge is 0.129 e. The fourth-order valence-electron chi connectivity index (χ4n) is 3.83. The zero-order chi connectivity index (χ0) is 20.2. The van der Waals surface area contributed by atoms with Gasteiger partial charge in [0, 0.05) is 48.0 Å². The fourth-order valence-corrected chi connectivity index (χ4v) is 4.05. The van der Waals surface area contributed by atoms with Crippen LogP contribution in [0.25, 0.3) is 0 Å². The monoisotopic (exact) mass is 414 g/mol. The minimum atomic E-state index is -0.325. The van der Waals surface area contributed by atoms with Crippen molar-refractivity contribution in [3.63, 3.8) is 0 Å². The van der Waals surface area contributed by atoms with Crippen LogP contribution in [0.15, 0.2) is 67.0 Å². The number of ether oxygens (including phenoxy) is 1. The Kier molecular flexibility index (Phi) is 6.19. The molecule has 3 aromatic rings. The molecule has 0 bridgehead atoms. The van der Waals surface area contributed by atoms with Crippen LogP contribution in [0, 0.1) is 11.6 Å². The van der Waals surface area contributed by atoms with Crippen molar-refractivity contribution in [1.82, 2.24) is 9.88 Å². The Morgan fingerprint density at radius 1 is 0.966 bits per heavy atom. The summed E-state index contributed by atoms with van der Waals surface area (Å²) in [5.41, 5.74) is 2.54. The Balaban J connectivity index is 1.66. The van der Waals surface area contributed by atoms with Crippen LogP contribution in [0.1, 0.15) is 22.6 Å². The van der Waals surface area contributed by atoms with Gasteiger partial charge in [0.2, 0.25) is 0 Å². The molecular formula is C23H21ClF2N2O. The lowest BCUT2D eigenvalue weighted by Crippen LogP contribution is -2.39. The van der Waals surface area contributed by atoms with Crippen molar-refractivity contribution in [3.05, 3.63) is 100 Å². The zero-order valence-electron chi connectivity index (χ0n) is 15.8. The van der Waals surface area contributed by atoms with Gasteiger partial charge in [0.25, 0.3) is 0 Å². The summed E-state index contributed by atoms with van der Waals surface area (Å²) in [4.78, 5) is 6.25. The molecule has 29 heavy (non-hydrogen) atoms. The van der Waals surface area contributed by atoms with E-state index in [0.717, 1.165) is 11.1 Å². The van der Waals surface area contributed by atoms with Crippen LogP contribution in [0.5, 0.6) is 0 Å². The molecule has 2 atom stereocenters. The molecule has 0 unspecified atom stereocenters. The van der Waals surface area contributed by atoms with Crippen molar-refractivity contribution >= 4 is 11.6 Å². The molecule has 1 fully saturated rings. The summed E-state index contributed by atoms with van der Waals surface area (Å²) >= 11 is 6.30. The maximum absolute atomic E-state index is 14.5. The fraction of sp³-hybridized carbons (Fsp3) is 0.261. The predicted octanol–water partition coefficient (Wildman–Crippen LogP) is 5.20. The first kappa shape index (κ1) is 20.0. The summed E-state index contributed by atoms with van der Waals surface area (Å²) in [5, 5.41) is 0.405. The van der Waals surface area contributed by atoms with E-state index in [0.29, 0.717) is 36.9 Å². The van der Waals surface area contributed by atoms with Crippen LogP contribution in [0.4, 0.5) is 8.78 Å². The second kappa shape index (κ2) is 8.99. The normalized spacial score (nSPS) is 19.0. The molecule has 0 N–H and O–H groups in total. The molecule has 0 amide bonds. The topological polar surface area (TPSA) is 25.4 Å². The highest BCUT2D eigenvalue weighted by atomic mass is 35.5. The van der Waals surface area contributed by atoms with E-state index in [-0.39, 0.29) is 23.6 Å². The lowest BCUT2D eigenvalue weighted by molar-refractivity contribution is 0.131. The number of pyridine rings is 1. The van der Waals surface area contributed by atoms with E-state index in [1.54, 1.807) is 36.7 Å². The standard InChI is InChI=1S/C23H21ClF2N2O/c24-21-2-1-3-22(26)19(21)13-28(12-16-8-10-27-11-9-16)23-15-29-14-20(23)17-4-6-18(25)7-5-17/h1-11,20,23H,12-15H2/t20-,23+/m0/s1. The minimum absolute atomic E-state index is 0.00398. The van der Waals surface area contributed by atoms with E-state index in [9.17, 15) is 8.78 Å². The van der Waals surface area contributed by atoms with Gasteiger partial charge in [-0.05, 0) is 47.5 Å². The summed E-state index contributed by atoms with van der Waals surface area (Å²) in [5.74, 6) is -0.534. The maximum atomic E-state index is 14.5. The molecule has 0 aliphatic carbocycles. The average Bonchev–Trinajstić information content (AvgIpc) is 3.21. The maximum Gasteiger partial charge on any atom is 0.129 e. The lowest BCUT2D eigenvalue weighted by atomic mass is 9.92. The number of hydrogen-bond acceptors (Lipinski definition) is 3. The van der Waals surface area contributed by atoms with Crippen LogP contribution in [-0.2, 0) is 17.8 Å². The molecule has 150 valence electrons. The van der Waals surface area contributed by atoms with Gasteiger partial charge in [0.15, 0.2) is 0 Å². The molecule has 6 heteroatoms. The second-order valence-electron chi connectivity index (χ2n) is 7.22. The molecule has 1 aliphatic heterocycles. The molecule has 0 saturated carbocycles. The van der Waals surface area contributed by atoms with Crippen molar-refractivity contribution in [2.75, 3.05) is 13.2 Å². The molecular weight excluding hydrogens is 394 g/mol. The summed E-state index contributed by atoms with van der Waals surface area (Å²) in [6.07, 6.45) is 3.48. The number of aromatic nitrogens is 1. The predicted molar refractivity (Wildman–Crippen MR) is 109 cm³/mol. The van der Waals surface area contributed by atoms with Gasteiger partial charge in [0.1, 0.15) is 11.6 Å². The van der Waals surface area contributed by atoms with E-state index < -0.39 is 0 Å². The van der Waals surface area contributed by atoms with Gasteiger partial charge in [-0.1, -0.05) is 29.8 Å². The highest BCUT2D eigenvalue weighted by Crippen LogP contribution is 2.33. The molecule has 3 nitrogen and oxygen atoms in total. The molecule has 4 rings (SSSR count). The molecule has 1 saturated heterocycles. The van der Waals surface area contributed by atoms with E-state index in [1.165, 1.54) is 18.2 Å². The van der Waals surface area contributed by atoms with Gasteiger partial charge in [0.05, 0.1) is 13.2 Å². The van der Waals surface area contributed by atoms with Gasteiger partial charge in [-0.2, -0.15) is 0 Å². The summed E-state index contributed by atoms with van der Waals surface area (Å²) in [7, 11) is 0. The quantitative estimate of drug-likeness (QED) is 0.554. The van der Waals surface area contributed by atoms with Crippen LogP contribution >= 0.6 is 11.6 Å². The highest BCUT2D eigenvalue weighted by Gasteiger charge is 2.35. The lowest BCUT2D eigenvalue weighted by Gasteiger charge is -2.32. The summed E-state index contributed by atoms with van der Waals surface area (Å²) < 4.78 is 33.7. The number of nitrogens with zero attached hydrogens (tertiary/aromatic N) is 2. The summed E-state index contributed by atoms with van der Waals surface area (Å²) in [6.45, 7) is 1.99. The molecule has 1 aromatic heterocycles. The third kappa shape index (κ3) is 4.64. The largest absolute Gasteiger partial charge is 0.379 e. The second-order valence-corrected chi connectivity index (χ2v) is 7.63. The Morgan fingerprint density at radius 3 is 2.45 bits per heavy atom. The number of hydrogen-bond donors (Lipinski definition) is 0. The molecule has 0 spiro atoms. The third-order valence-corrected chi connectivity index (χ3v) is 5.73. The SMILES string of the molecule is Fc1ccc([C@@H]2COC[C@H]2N(Cc2ccncc2)Cc2c(F)cccc2Cl)cc1. The Morgan fingerprint density at radius 2 is 1.72 bits per heavy atom. The van der Waals surface area contributed by atoms with E-state index in [4.69, 9.17) is 16.3 Å². The molecule has 2 aromatic carbocycles.